The third-order valence-electron chi connectivity index (χ3n) is 5.94. The Hall–Kier alpha value is -1.55. The minimum Gasteiger partial charge on any atom is -0.468 e. The van der Waals surface area contributed by atoms with Crippen LogP contribution in [0.2, 0.25) is 0 Å². The van der Waals surface area contributed by atoms with Crippen LogP contribution in [0.5, 0.6) is 0 Å². The second-order valence-electron chi connectivity index (χ2n) is 8.10. The van der Waals surface area contributed by atoms with Crippen LogP contribution in [-0.4, -0.2) is 53.4 Å². The molecule has 0 spiro atoms. The van der Waals surface area contributed by atoms with Crippen molar-refractivity contribution in [3.63, 3.8) is 0 Å². The molecule has 2 aromatic heterocycles. The number of nitrogens with zero attached hydrogens (tertiary/aromatic N) is 4. The van der Waals surface area contributed by atoms with E-state index in [9.17, 15) is 0 Å². The van der Waals surface area contributed by atoms with Crippen LogP contribution in [0, 0.1) is 13.8 Å². The fraction of sp³-hybridized carbons (Fsp3) is 0.636. The Balaban J connectivity index is 0.00000320. The Morgan fingerprint density at radius 2 is 2.00 bits per heavy atom. The van der Waals surface area contributed by atoms with Crippen LogP contribution >= 0.6 is 24.0 Å². The number of aryl methyl sites for hydroxylation is 2. The van der Waals surface area contributed by atoms with Gasteiger partial charge in [-0.2, -0.15) is 5.10 Å². The number of furan rings is 1. The van der Waals surface area contributed by atoms with Crippen LogP contribution in [0.25, 0.3) is 0 Å². The second kappa shape index (κ2) is 11.7. The van der Waals surface area contributed by atoms with Crippen molar-refractivity contribution in [3.05, 3.63) is 41.1 Å². The third-order valence-corrected chi connectivity index (χ3v) is 5.94. The van der Waals surface area contributed by atoms with E-state index in [0.29, 0.717) is 0 Å². The molecular formula is C22H37IN6O. The van der Waals surface area contributed by atoms with Gasteiger partial charge in [0.05, 0.1) is 18.0 Å². The van der Waals surface area contributed by atoms with E-state index in [1.54, 1.807) is 6.26 Å². The number of hydrogen-bond acceptors (Lipinski definition) is 4. The molecule has 2 N–H and O–H groups in total. The van der Waals surface area contributed by atoms with Crippen molar-refractivity contribution >= 4 is 29.9 Å². The molecule has 30 heavy (non-hydrogen) atoms. The molecule has 1 fully saturated rings. The Morgan fingerprint density at radius 3 is 2.57 bits per heavy atom. The van der Waals surface area contributed by atoms with Gasteiger partial charge in [0.15, 0.2) is 5.96 Å². The summed E-state index contributed by atoms with van der Waals surface area (Å²) in [5.74, 6) is 1.84. The summed E-state index contributed by atoms with van der Waals surface area (Å²) in [6, 6.07) is 4.52. The summed E-state index contributed by atoms with van der Waals surface area (Å²) < 4.78 is 7.71. The monoisotopic (exact) mass is 528 g/mol. The molecule has 1 saturated heterocycles. The zero-order valence-electron chi connectivity index (χ0n) is 18.9. The van der Waals surface area contributed by atoms with Crippen molar-refractivity contribution in [2.45, 2.75) is 58.5 Å². The molecule has 1 aliphatic rings. The summed E-state index contributed by atoms with van der Waals surface area (Å²) in [5, 5.41) is 11.6. The fourth-order valence-electron chi connectivity index (χ4n) is 4.21. The number of aromatic nitrogens is 2. The Kier molecular flexibility index (Phi) is 9.67. The molecule has 8 heteroatoms. The lowest BCUT2D eigenvalue weighted by Crippen LogP contribution is -2.47. The van der Waals surface area contributed by atoms with Gasteiger partial charge in [-0.3, -0.25) is 14.6 Å². The van der Waals surface area contributed by atoms with Crippen LogP contribution in [-0.2, 0) is 13.5 Å². The number of guanidine groups is 1. The van der Waals surface area contributed by atoms with E-state index in [4.69, 9.17) is 4.42 Å². The average molecular weight is 528 g/mol. The first-order valence-electron chi connectivity index (χ1n) is 10.7. The minimum absolute atomic E-state index is 0. The summed E-state index contributed by atoms with van der Waals surface area (Å²) in [7, 11) is 3.82. The maximum atomic E-state index is 5.75. The molecule has 2 unspecified atom stereocenters. The van der Waals surface area contributed by atoms with E-state index in [2.05, 4.69) is 52.5 Å². The smallest absolute Gasteiger partial charge is 0.191 e. The molecule has 7 nitrogen and oxygen atoms in total. The first-order valence-corrected chi connectivity index (χ1v) is 10.7. The predicted octanol–water partition coefficient (Wildman–Crippen LogP) is 3.57. The van der Waals surface area contributed by atoms with Crippen molar-refractivity contribution < 1.29 is 4.42 Å². The van der Waals surface area contributed by atoms with Gasteiger partial charge >= 0.3 is 0 Å². The molecule has 0 aromatic carbocycles. The minimum atomic E-state index is 0. The van der Waals surface area contributed by atoms with Gasteiger partial charge in [-0.15, -0.1) is 24.0 Å². The number of piperidine rings is 1. The van der Waals surface area contributed by atoms with Gasteiger partial charge in [-0.05, 0) is 70.8 Å². The van der Waals surface area contributed by atoms with Crippen molar-refractivity contribution in [1.29, 1.82) is 0 Å². The van der Waals surface area contributed by atoms with Gasteiger partial charge in [0.25, 0.3) is 0 Å². The molecule has 0 radical (unpaired) electrons. The number of aliphatic imine (C=N–C) groups is 1. The van der Waals surface area contributed by atoms with Crippen LogP contribution in [0.3, 0.4) is 0 Å². The van der Waals surface area contributed by atoms with Crippen molar-refractivity contribution in [2.75, 3.05) is 26.7 Å². The largest absolute Gasteiger partial charge is 0.468 e. The SMILES string of the molecule is CN=C(NCC(c1ccco1)N1CCCCC1)NC(C)Cc1c(C)nn(C)c1C.I. The topological polar surface area (TPSA) is 70.6 Å². The highest BCUT2D eigenvalue weighted by molar-refractivity contribution is 14.0. The standard InChI is InChI=1S/C22H36N6O.HI/c1-16(14-19-17(2)26-27(5)18(19)3)25-22(23-4)24-15-20(21-10-9-13-29-21)28-11-7-6-8-12-28;/h9-10,13,16,20H,6-8,11-12,14-15H2,1-5H3,(H2,23,24,25);1H. The number of halogens is 1. The highest BCUT2D eigenvalue weighted by Gasteiger charge is 2.25. The zero-order valence-corrected chi connectivity index (χ0v) is 21.3. The molecule has 168 valence electrons. The number of likely N-dealkylation sites (tertiary alicyclic amines) is 1. The van der Waals surface area contributed by atoms with E-state index in [-0.39, 0.29) is 36.1 Å². The van der Waals surface area contributed by atoms with Gasteiger partial charge in [-0.1, -0.05) is 6.42 Å². The maximum absolute atomic E-state index is 5.75. The molecule has 0 aliphatic carbocycles. The maximum Gasteiger partial charge on any atom is 0.191 e. The van der Waals surface area contributed by atoms with Crippen molar-refractivity contribution in [3.8, 4) is 0 Å². The number of rotatable bonds is 7. The molecule has 0 saturated carbocycles. The van der Waals surface area contributed by atoms with Crippen LogP contribution in [0.15, 0.2) is 27.8 Å². The quantitative estimate of drug-likeness (QED) is 0.327. The van der Waals surface area contributed by atoms with Gasteiger partial charge < -0.3 is 15.1 Å². The molecule has 1 aliphatic heterocycles. The lowest BCUT2D eigenvalue weighted by molar-refractivity contribution is 0.146. The first kappa shape index (κ1) is 24.7. The van der Waals surface area contributed by atoms with E-state index in [1.165, 1.54) is 30.5 Å². The van der Waals surface area contributed by atoms with Gasteiger partial charge in [0.1, 0.15) is 5.76 Å². The Bertz CT molecular complexity index is 795. The molecule has 3 rings (SSSR count). The Morgan fingerprint density at radius 1 is 1.27 bits per heavy atom. The summed E-state index contributed by atoms with van der Waals surface area (Å²) in [6.45, 7) is 9.40. The van der Waals surface area contributed by atoms with Crippen LogP contribution in [0.1, 0.15) is 54.9 Å². The molecule has 0 bridgehead atoms. The lowest BCUT2D eigenvalue weighted by Gasteiger charge is -2.34. The lowest BCUT2D eigenvalue weighted by atomic mass is 10.1. The van der Waals surface area contributed by atoms with E-state index >= 15 is 0 Å². The van der Waals surface area contributed by atoms with Gasteiger partial charge in [0.2, 0.25) is 0 Å². The fourth-order valence-corrected chi connectivity index (χ4v) is 4.21. The highest BCUT2D eigenvalue weighted by atomic mass is 127. The average Bonchev–Trinajstić information content (AvgIpc) is 3.33. The molecule has 0 amide bonds. The summed E-state index contributed by atoms with van der Waals surface area (Å²) in [6.07, 6.45) is 6.51. The zero-order chi connectivity index (χ0) is 20.8. The number of nitrogens with one attached hydrogen (secondary N) is 2. The molecular weight excluding hydrogens is 491 g/mol. The summed E-state index contributed by atoms with van der Waals surface area (Å²) in [4.78, 5) is 6.96. The first-order chi connectivity index (χ1) is 14.0. The van der Waals surface area contributed by atoms with Gasteiger partial charge in [-0.25, -0.2) is 0 Å². The predicted molar refractivity (Wildman–Crippen MR) is 133 cm³/mol. The van der Waals surface area contributed by atoms with Gasteiger partial charge in [0, 0.05) is 32.4 Å². The molecule has 3 heterocycles. The van der Waals surface area contributed by atoms with Crippen molar-refractivity contribution in [1.82, 2.24) is 25.3 Å². The van der Waals surface area contributed by atoms with E-state index < -0.39 is 0 Å². The normalized spacial score (nSPS) is 17.3. The second-order valence-corrected chi connectivity index (χ2v) is 8.10. The third kappa shape index (κ3) is 6.23. The van der Waals surface area contributed by atoms with E-state index in [1.807, 2.05) is 24.8 Å². The van der Waals surface area contributed by atoms with Crippen LogP contribution < -0.4 is 10.6 Å². The van der Waals surface area contributed by atoms with E-state index in [0.717, 1.165) is 43.5 Å². The molecule has 2 atom stereocenters. The highest BCUT2D eigenvalue weighted by Crippen LogP contribution is 2.24. The summed E-state index contributed by atoms with van der Waals surface area (Å²) >= 11 is 0. The van der Waals surface area contributed by atoms with Crippen molar-refractivity contribution in [2.24, 2.45) is 12.0 Å². The number of hydrogen-bond donors (Lipinski definition) is 2. The Labute approximate surface area is 197 Å². The van der Waals surface area contributed by atoms with Crippen LogP contribution in [0.4, 0.5) is 0 Å². The molecule has 2 aromatic rings. The summed E-state index contributed by atoms with van der Waals surface area (Å²) in [5.41, 5.74) is 3.64.